The maximum Gasteiger partial charge on any atom is 0.314 e. The SMILES string of the molecule is COc1cc(C)c2c(c1C1(C(=O)O)CC1)CCCC2. The first kappa shape index (κ1) is 12.5. The lowest BCUT2D eigenvalue weighted by Gasteiger charge is -2.26. The van der Waals surface area contributed by atoms with Crippen LogP contribution in [0.25, 0.3) is 0 Å². The Hall–Kier alpha value is -1.51. The fourth-order valence-corrected chi connectivity index (χ4v) is 3.50. The van der Waals surface area contributed by atoms with E-state index in [0.29, 0.717) is 0 Å². The van der Waals surface area contributed by atoms with Gasteiger partial charge in [-0.05, 0) is 68.2 Å². The molecule has 0 amide bonds. The molecule has 2 aliphatic rings. The molecule has 19 heavy (non-hydrogen) atoms. The van der Waals surface area contributed by atoms with Gasteiger partial charge in [0.2, 0.25) is 0 Å². The molecule has 3 rings (SSSR count). The lowest BCUT2D eigenvalue weighted by Crippen LogP contribution is -2.24. The summed E-state index contributed by atoms with van der Waals surface area (Å²) in [5.41, 5.74) is 4.19. The number of aryl methyl sites for hydroxylation is 1. The Bertz CT molecular complexity index is 541. The predicted octanol–water partition coefficient (Wildman–Crippen LogP) is 3.00. The van der Waals surface area contributed by atoms with Gasteiger partial charge in [-0.15, -0.1) is 0 Å². The first-order chi connectivity index (χ1) is 9.10. The van der Waals surface area contributed by atoms with Crippen molar-refractivity contribution < 1.29 is 14.6 Å². The summed E-state index contributed by atoms with van der Waals surface area (Å²) in [6.07, 6.45) is 5.93. The van der Waals surface area contributed by atoms with Gasteiger partial charge >= 0.3 is 5.97 Å². The molecule has 0 heterocycles. The monoisotopic (exact) mass is 260 g/mol. The predicted molar refractivity (Wildman–Crippen MR) is 72.9 cm³/mol. The fraction of sp³-hybridized carbons (Fsp3) is 0.562. The van der Waals surface area contributed by atoms with Gasteiger partial charge in [0.25, 0.3) is 0 Å². The third-order valence-corrected chi connectivity index (χ3v) is 4.70. The van der Waals surface area contributed by atoms with Gasteiger partial charge in [0.15, 0.2) is 0 Å². The second-order valence-electron chi connectivity index (χ2n) is 5.82. The molecular formula is C16H20O3. The van der Waals surface area contributed by atoms with Crippen molar-refractivity contribution in [2.24, 2.45) is 0 Å². The van der Waals surface area contributed by atoms with Crippen molar-refractivity contribution in [3.05, 3.63) is 28.3 Å². The summed E-state index contributed by atoms with van der Waals surface area (Å²) in [5.74, 6) is 0.0838. The van der Waals surface area contributed by atoms with Gasteiger partial charge in [-0.3, -0.25) is 4.79 Å². The summed E-state index contributed by atoms with van der Waals surface area (Å²) >= 11 is 0. The summed E-state index contributed by atoms with van der Waals surface area (Å²) < 4.78 is 5.51. The lowest BCUT2D eigenvalue weighted by atomic mass is 9.79. The van der Waals surface area contributed by atoms with E-state index >= 15 is 0 Å². The second kappa shape index (κ2) is 4.26. The summed E-state index contributed by atoms with van der Waals surface area (Å²) in [5, 5.41) is 9.59. The molecule has 0 aromatic heterocycles. The summed E-state index contributed by atoms with van der Waals surface area (Å²) in [7, 11) is 1.64. The van der Waals surface area contributed by atoms with E-state index < -0.39 is 11.4 Å². The highest BCUT2D eigenvalue weighted by atomic mass is 16.5. The second-order valence-corrected chi connectivity index (χ2v) is 5.82. The van der Waals surface area contributed by atoms with Crippen LogP contribution in [0, 0.1) is 6.92 Å². The van der Waals surface area contributed by atoms with Crippen LogP contribution in [-0.4, -0.2) is 18.2 Å². The number of ether oxygens (including phenoxy) is 1. The number of hydrogen-bond acceptors (Lipinski definition) is 2. The lowest BCUT2D eigenvalue weighted by molar-refractivity contribution is -0.140. The third-order valence-electron chi connectivity index (χ3n) is 4.70. The molecule has 1 fully saturated rings. The van der Waals surface area contributed by atoms with Gasteiger partial charge in [0.1, 0.15) is 5.75 Å². The minimum Gasteiger partial charge on any atom is -0.496 e. The van der Waals surface area contributed by atoms with Crippen LogP contribution in [0.4, 0.5) is 0 Å². The van der Waals surface area contributed by atoms with Crippen LogP contribution in [0.2, 0.25) is 0 Å². The number of carbonyl (C=O) groups is 1. The topological polar surface area (TPSA) is 46.5 Å². The zero-order chi connectivity index (χ0) is 13.6. The number of aliphatic carboxylic acids is 1. The minimum atomic E-state index is -0.692. The van der Waals surface area contributed by atoms with Gasteiger partial charge in [-0.25, -0.2) is 0 Å². The van der Waals surface area contributed by atoms with Gasteiger partial charge < -0.3 is 9.84 Å². The van der Waals surface area contributed by atoms with Crippen molar-refractivity contribution in [3.8, 4) is 5.75 Å². The molecular weight excluding hydrogens is 240 g/mol. The maximum absolute atomic E-state index is 11.7. The Balaban J connectivity index is 2.25. The smallest absolute Gasteiger partial charge is 0.314 e. The normalized spacial score (nSPS) is 19.7. The number of fused-ring (bicyclic) bond motifs is 1. The van der Waals surface area contributed by atoms with Crippen LogP contribution in [-0.2, 0) is 23.1 Å². The number of benzene rings is 1. The van der Waals surface area contributed by atoms with Gasteiger partial charge in [0, 0.05) is 5.56 Å². The van der Waals surface area contributed by atoms with E-state index in [2.05, 4.69) is 6.92 Å². The highest BCUT2D eigenvalue weighted by Crippen LogP contribution is 2.54. The summed E-state index contributed by atoms with van der Waals surface area (Å²) in [6.45, 7) is 2.11. The van der Waals surface area contributed by atoms with E-state index in [1.165, 1.54) is 23.1 Å². The standard InChI is InChI=1S/C16H20O3/c1-10-9-13(19-2)14(16(7-8-16)15(17)18)12-6-4-3-5-11(10)12/h9H,3-8H2,1-2H3,(H,17,18). The Morgan fingerprint density at radius 1 is 1.26 bits per heavy atom. The average Bonchev–Trinajstić information content (AvgIpc) is 3.20. The Morgan fingerprint density at radius 2 is 1.89 bits per heavy atom. The minimum absolute atomic E-state index is 0.666. The van der Waals surface area contributed by atoms with E-state index in [1.807, 2.05) is 6.07 Å². The zero-order valence-electron chi connectivity index (χ0n) is 11.6. The first-order valence-electron chi connectivity index (χ1n) is 7.03. The quantitative estimate of drug-likeness (QED) is 0.908. The fourth-order valence-electron chi connectivity index (χ4n) is 3.50. The van der Waals surface area contributed by atoms with Crippen LogP contribution in [0.15, 0.2) is 6.07 Å². The third kappa shape index (κ3) is 1.75. The van der Waals surface area contributed by atoms with Crippen LogP contribution >= 0.6 is 0 Å². The van der Waals surface area contributed by atoms with E-state index in [0.717, 1.165) is 43.4 Å². The van der Waals surface area contributed by atoms with Crippen molar-refractivity contribution in [1.29, 1.82) is 0 Å². The van der Waals surface area contributed by atoms with Crippen molar-refractivity contribution >= 4 is 5.97 Å². The molecule has 3 nitrogen and oxygen atoms in total. The zero-order valence-corrected chi connectivity index (χ0v) is 11.6. The number of hydrogen-bond donors (Lipinski definition) is 1. The molecule has 1 N–H and O–H groups in total. The van der Waals surface area contributed by atoms with Crippen molar-refractivity contribution in [3.63, 3.8) is 0 Å². The largest absolute Gasteiger partial charge is 0.496 e. The molecule has 1 aromatic carbocycles. The molecule has 1 saturated carbocycles. The van der Waals surface area contributed by atoms with E-state index in [-0.39, 0.29) is 0 Å². The molecule has 0 aliphatic heterocycles. The van der Waals surface area contributed by atoms with E-state index in [9.17, 15) is 9.90 Å². The summed E-state index contributed by atoms with van der Waals surface area (Å²) in [4.78, 5) is 11.7. The van der Waals surface area contributed by atoms with Crippen LogP contribution < -0.4 is 4.74 Å². The highest BCUT2D eigenvalue weighted by Gasteiger charge is 2.54. The molecule has 0 spiro atoms. The molecule has 0 atom stereocenters. The molecule has 2 aliphatic carbocycles. The number of rotatable bonds is 3. The Morgan fingerprint density at radius 3 is 2.42 bits per heavy atom. The van der Waals surface area contributed by atoms with Crippen LogP contribution in [0.1, 0.15) is 47.9 Å². The molecule has 0 bridgehead atoms. The van der Waals surface area contributed by atoms with Gasteiger partial charge in [-0.2, -0.15) is 0 Å². The first-order valence-corrected chi connectivity index (χ1v) is 7.03. The Labute approximate surface area is 113 Å². The van der Waals surface area contributed by atoms with Crippen LogP contribution in [0.5, 0.6) is 5.75 Å². The average molecular weight is 260 g/mol. The molecule has 0 saturated heterocycles. The van der Waals surface area contributed by atoms with Crippen molar-refractivity contribution in [2.45, 2.75) is 50.9 Å². The molecule has 0 unspecified atom stereocenters. The summed E-state index contributed by atoms with van der Waals surface area (Å²) in [6, 6.07) is 2.03. The molecule has 1 aromatic rings. The molecule has 102 valence electrons. The molecule has 0 radical (unpaired) electrons. The van der Waals surface area contributed by atoms with Crippen LogP contribution in [0.3, 0.4) is 0 Å². The van der Waals surface area contributed by atoms with Crippen molar-refractivity contribution in [1.82, 2.24) is 0 Å². The maximum atomic E-state index is 11.7. The number of carboxylic acid groups (broad SMARTS) is 1. The molecule has 3 heteroatoms. The van der Waals surface area contributed by atoms with Crippen molar-refractivity contribution in [2.75, 3.05) is 7.11 Å². The number of carboxylic acids is 1. The van der Waals surface area contributed by atoms with E-state index in [4.69, 9.17) is 4.74 Å². The van der Waals surface area contributed by atoms with Gasteiger partial charge in [-0.1, -0.05) is 0 Å². The highest BCUT2D eigenvalue weighted by molar-refractivity contribution is 5.87. The number of methoxy groups -OCH3 is 1. The van der Waals surface area contributed by atoms with Gasteiger partial charge in [0.05, 0.1) is 12.5 Å². The Kier molecular flexibility index (Phi) is 2.80. The van der Waals surface area contributed by atoms with E-state index in [1.54, 1.807) is 7.11 Å².